The van der Waals surface area contributed by atoms with Gasteiger partial charge in [0.2, 0.25) is 0 Å². The molecular weight excluding hydrogens is 226 g/mol. The molecule has 3 heterocycles. The number of hydrogen-bond donors (Lipinski definition) is 4. The fourth-order valence-electron chi connectivity index (χ4n) is 4.49. The summed E-state index contributed by atoms with van der Waals surface area (Å²) in [5, 5.41) is 21.2. The first-order valence-electron chi connectivity index (χ1n) is 7.69. The van der Waals surface area contributed by atoms with Crippen LogP contribution in [0, 0.1) is 5.41 Å². The molecule has 3 fully saturated rings. The van der Waals surface area contributed by atoms with Crippen LogP contribution in [0.3, 0.4) is 0 Å². The fourth-order valence-corrected chi connectivity index (χ4v) is 4.49. The fraction of sp³-hybridized carbons (Fsp3) is 1.00. The second kappa shape index (κ2) is 5.45. The van der Waals surface area contributed by atoms with Crippen LogP contribution in [0.1, 0.15) is 38.5 Å². The largest absolute Gasteiger partial charge is 0.396 e. The van der Waals surface area contributed by atoms with Crippen LogP contribution < -0.4 is 16.0 Å². The summed E-state index contributed by atoms with van der Waals surface area (Å²) in [7, 11) is 0. The zero-order valence-electron chi connectivity index (χ0n) is 11.3. The Morgan fingerprint density at radius 3 is 1.39 bits per heavy atom. The quantitative estimate of drug-likeness (QED) is 0.579. The van der Waals surface area contributed by atoms with Gasteiger partial charge >= 0.3 is 0 Å². The van der Waals surface area contributed by atoms with Crippen molar-refractivity contribution in [3.05, 3.63) is 0 Å². The van der Waals surface area contributed by atoms with Crippen LogP contribution in [-0.4, -0.2) is 49.5 Å². The third-order valence-electron chi connectivity index (χ3n) is 5.40. The van der Waals surface area contributed by atoms with Crippen molar-refractivity contribution >= 4 is 0 Å². The van der Waals surface area contributed by atoms with Crippen molar-refractivity contribution in [1.82, 2.24) is 16.0 Å². The topological polar surface area (TPSA) is 56.3 Å². The maximum atomic E-state index is 10.2. The molecule has 3 unspecified atom stereocenters. The molecule has 0 aromatic heterocycles. The number of rotatable bonds is 4. The van der Waals surface area contributed by atoms with Crippen LogP contribution in [0.15, 0.2) is 0 Å². The highest BCUT2D eigenvalue weighted by atomic mass is 16.3. The Labute approximate surface area is 110 Å². The molecular formula is C14H27N3O. The van der Waals surface area contributed by atoms with E-state index in [2.05, 4.69) is 16.0 Å². The van der Waals surface area contributed by atoms with Gasteiger partial charge in [-0.2, -0.15) is 0 Å². The van der Waals surface area contributed by atoms with Crippen LogP contribution >= 0.6 is 0 Å². The van der Waals surface area contributed by atoms with Crippen LogP contribution in [0.25, 0.3) is 0 Å². The number of hydrogen-bond acceptors (Lipinski definition) is 4. The summed E-state index contributed by atoms with van der Waals surface area (Å²) in [5.41, 5.74) is 0.00347. The van der Waals surface area contributed by atoms with Crippen LogP contribution in [0.4, 0.5) is 0 Å². The molecule has 3 aliphatic heterocycles. The van der Waals surface area contributed by atoms with Gasteiger partial charge in [0.15, 0.2) is 0 Å². The van der Waals surface area contributed by atoms with E-state index in [-0.39, 0.29) is 5.41 Å². The summed E-state index contributed by atoms with van der Waals surface area (Å²) in [4.78, 5) is 0. The maximum absolute atomic E-state index is 10.2. The lowest BCUT2D eigenvalue weighted by Gasteiger charge is -2.47. The Balaban J connectivity index is 1.87. The van der Waals surface area contributed by atoms with E-state index in [9.17, 15) is 5.11 Å². The summed E-state index contributed by atoms with van der Waals surface area (Å²) >= 11 is 0. The van der Waals surface area contributed by atoms with Crippen LogP contribution in [-0.2, 0) is 0 Å². The smallest absolute Gasteiger partial charge is 0.0532 e. The van der Waals surface area contributed by atoms with E-state index >= 15 is 0 Å². The molecule has 3 rings (SSSR count). The molecule has 0 aromatic rings. The summed E-state index contributed by atoms with van der Waals surface area (Å²) in [6, 6.07) is 1.44. The average Bonchev–Trinajstić information content (AvgIpc) is 3.16. The second-order valence-electron chi connectivity index (χ2n) is 6.22. The van der Waals surface area contributed by atoms with Gasteiger partial charge in [-0.05, 0) is 58.2 Å². The Bertz CT molecular complexity index is 225. The van der Waals surface area contributed by atoms with Crippen molar-refractivity contribution in [2.24, 2.45) is 5.41 Å². The molecule has 18 heavy (non-hydrogen) atoms. The lowest BCUT2D eigenvalue weighted by Crippen LogP contribution is -2.63. The van der Waals surface area contributed by atoms with E-state index < -0.39 is 0 Å². The predicted molar refractivity (Wildman–Crippen MR) is 72.6 cm³/mol. The summed E-state index contributed by atoms with van der Waals surface area (Å²) in [6.07, 6.45) is 7.42. The van der Waals surface area contributed by atoms with Gasteiger partial charge in [-0.25, -0.2) is 0 Å². The van der Waals surface area contributed by atoms with E-state index in [4.69, 9.17) is 0 Å². The lowest BCUT2D eigenvalue weighted by atomic mass is 9.67. The molecule has 0 amide bonds. The normalized spacial score (nSPS) is 40.2. The van der Waals surface area contributed by atoms with Crippen molar-refractivity contribution in [1.29, 1.82) is 0 Å². The standard InChI is InChI=1S/C14H27N3O/c18-10-14(11-4-1-7-15-11,12-5-2-8-16-12)13-6-3-9-17-13/h11-13,15-18H,1-10H2. The minimum Gasteiger partial charge on any atom is -0.396 e. The molecule has 0 bridgehead atoms. The van der Waals surface area contributed by atoms with Gasteiger partial charge in [-0.3, -0.25) is 0 Å². The molecule has 3 aliphatic rings. The van der Waals surface area contributed by atoms with Gasteiger partial charge in [0.1, 0.15) is 0 Å². The van der Waals surface area contributed by atoms with E-state index in [1.807, 2.05) is 0 Å². The first-order valence-corrected chi connectivity index (χ1v) is 7.69. The van der Waals surface area contributed by atoms with Gasteiger partial charge in [0, 0.05) is 23.5 Å². The first-order chi connectivity index (χ1) is 8.88. The van der Waals surface area contributed by atoms with Gasteiger partial charge in [-0.1, -0.05) is 0 Å². The van der Waals surface area contributed by atoms with E-state index in [0.717, 1.165) is 19.6 Å². The molecule has 4 heteroatoms. The van der Waals surface area contributed by atoms with Gasteiger partial charge in [0.05, 0.1) is 6.61 Å². The minimum absolute atomic E-state index is 0.00347. The monoisotopic (exact) mass is 253 g/mol. The number of nitrogens with one attached hydrogen (secondary N) is 3. The van der Waals surface area contributed by atoms with Crippen molar-refractivity contribution in [2.45, 2.75) is 56.7 Å². The summed E-state index contributed by atoms with van der Waals surface area (Å²) < 4.78 is 0. The van der Waals surface area contributed by atoms with Crippen molar-refractivity contribution < 1.29 is 5.11 Å². The Morgan fingerprint density at radius 2 is 1.17 bits per heavy atom. The third-order valence-corrected chi connectivity index (χ3v) is 5.40. The molecule has 0 spiro atoms. The molecule has 0 aromatic carbocycles. The number of aliphatic hydroxyl groups is 1. The Morgan fingerprint density at radius 1 is 0.778 bits per heavy atom. The van der Waals surface area contributed by atoms with Crippen LogP contribution in [0.2, 0.25) is 0 Å². The molecule has 4 N–H and O–H groups in total. The molecule has 104 valence electrons. The van der Waals surface area contributed by atoms with Crippen LogP contribution in [0.5, 0.6) is 0 Å². The zero-order valence-corrected chi connectivity index (χ0v) is 11.3. The molecule has 0 saturated carbocycles. The molecule has 4 nitrogen and oxygen atoms in total. The van der Waals surface area contributed by atoms with Gasteiger partial charge in [0.25, 0.3) is 0 Å². The van der Waals surface area contributed by atoms with Crippen molar-refractivity contribution in [3.8, 4) is 0 Å². The van der Waals surface area contributed by atoms with Crippen molar-refractivity contribution in [3.63, 3.8) is 0 Å². The highest BCUT2D eigenvalue weighted by Crippen LogP contribution is 2.41. The van der Waals surface area contributed by atoms with Gasteiger partial charge < -0.3 is 21.1 Å². The highest BCUT2D eigenvalue weighted by molar-refractivity contribution is 5.10. The third kappa shape index (κ3) is 1.99. The second-order valence-corrected chi connectivity index (χ2v) is 6.22. The first kappa shape index (κ1) is 12.9. The molecule has 0 aliphatic carbocycles. The van der Waals surface area contributed by atoms with Gasteiger partial charge in [-0.15, -0.1) is 0 Å². The molecule has 3 saturated heterocycles. The zero-order chi connectivity index (χ0) is 12.4. The minimum atomic E-state index is 0.00347. The molecule has 0 radical (unpaired) electrons. The Hall–Kier alpha value is -0.160. The van der Waals surface area contributed by atoms with E-state index in [1.165, 1.54) is 38.5 Å². The maximum Gasteiger partial charge on any atom is 0.0532 e. The Kier molecular flexibility index (Phi) is 3.89. The van der Waals surface area contributed by atoms with E-state index in [0.29, 0.717) is 24.7 Å². The number of aliphatic hydroxyl groups excluding tert-OH is 1. The van der Waals surface area contributed by atoms with E-state index in [1.54, 1.807) is 0 Å². The van der Waals surface area contributed by atoms with Crippen molar-refractivity contribution in [2.75, 3.05) is 26.2 Å². The predicted octanol–water partition coefficient (Wildman–Crippen LogP) is 0.221. The SMILES string of the molecule is OCC(C1CCCN1)(C1CCCN1)C1CCCN1. The molecule has 3 atom stereocenters. The summed E-state index contributed by atoms with van der Waals surface area (Å²) in [6.45, 7) is 3.66. The highest BCUT2D eigenvalue weighted by Gasteiger charge is 2.52. The lowest BCUT2D eigenvalue weighted by molar-refractivity contribution is 0.0219. The average molecular weight is 253 g/mol. The summed E-state index contributed by atoms with van der Waals surface area (Å²) in [5.74, 6) is 0.